The van der Waals surface area contributed by atoms with Gasteiger partial charge in [0.05, 0.1) is 5.69 Å². The van der Waals surface area contributed by atoms with Crippen molar-refractivity contribution in [1.82, 2.24) is 20.1 Å². The summed E-state index contributed by atoms with van der Waals surface area (Å²) in [7, 11) is 0. The van der Waals surface area contributed by atoms with Crippen LogP contribution >= 0.6 is 0 Å². The van der Waals surface area contributed by atoms with E-state index in [0.717, 1.165) is 51.0 Å². The number of carbonyl (C=O) groups excluding carboxylic acids is 2. The van der Waals surface area contributed by atoms with Gasteiger partial charge in [-0.3, -0.25) is 19.5 Å². The number of amides is 2. The molecule has 2 fully saturated rings. The molecule has 2 saturated heterocycles. The second kappa shape index (κ2) is 8.38. The Kier molecular flexibility index (Phi) is 6.15. The SMILES string of the molecule is CC(C)(C)C(=O)N1CCCC1C(=O)NC1CCN(Cc2ccccn2)CC1. The minimum absolute atomic E-state index is 0.0216. The van der Waals surface area contributed by atoms with Crippen LogP contribution in [0.4, 0.5) is 0 Å². The van der Waals surface area contributed by atoms with Crippen molar-refractivity contribution in [1.29, 1.82) is 0 Å². The van der Waals surface area contributed by atoms with E-state index >= 15 is 0 Å². The molecule has 1 atom stereocenters. The smallest absolute Gasteiger partial charge is 0.243 e. The number of carbonyl (C=O) groups is 2. The molecular weight excluding hydrogens is 340 g/mol. The van der Waals surface area contributed by atoms with E-state index in [1.165, 1.54) is 0 Å². The lowest BCUT2D eigenvalue weighted by Gasteiger charge is -2.34. The van der Waals surface area contributed by atoms with E-state index in [2.05, 4.69) is 21.3 Å². The molecule has 1 N–H and O–H groups in total. The monoisotopic (exact) mass is 372 g/mol. The minimum Gasteiger partial charge on any atom is -0.351 e. The van der Waals surface area contributed by atoms with Gasteiger partial charge < -0.3 is 10.2 Å². The maximum absolute atomic E-state index is 12.8. The predicted molar refractivity (Wildman–Crippen MR) is 105 cm³/mol. The Hall–Kier alpha value is -1.95. The van der Waals surface area contributed by atoms with Crippen molar-refractivity contribution in [3.63, 3.8) is 0 Å². The lowest BCUT2D eigenvalue weighted by Crippen LogP contribution is -2.53. The number of hydrogen-bond acceptors (Lipinski definition) is 4. The summed E-state index contributed by atoms with van der Waals surface area (Å²) in [6, 6.07) is 5.89. The summed E-state index contributed by atoms with van der Waals surface area (Å²) in [6.07, 6.45) is 5.39. The molecule has 1 unspecified atom stereocenters. The Morgan fingerprint density at radius 3 is 2.52 bits per heavy atom. The number of hydrogen-bond donors (Lipinski definition) is 1. The van der Waals surface area contributed by atoms with Gasteiger partial charge in [-0.05, 0) is 37.8 Å². The number of rotatable bonds is 4. The molecule has 0 radical (unpaired) electrons. The van der Waals surface area contributed by atoms with Gasteiger partial charge in [0, 0.05) is 43.8 Å². The van der Waals surface area contributed by atoms with E-state index in [4.69, 9.17) is 0 Å². The zero-order valence-corrected chi connectivity index (χ0v) is 16.8. The molecule has 6 heteroatoms. The average molecular weight is 373 g/mol. The fraction of sp³-hybridized carbons (Fsp3) is 0.667. The molecule has 3 heterocycles. The molecule has 0 aromatic carbocycles. The molecule has 3 rings (SSSR count). The minimum atomic E-state index is -0.445. The molecule has 1 aromatic heterocycles. The molecule has 2 aliphatic heterocycles. The van der Waals surface area contributed by atoms with E-state index in [1.54, 1.807) is 4.90 Å². The lowest BCUT2D eigenvalue weighted by atomic mass is 9.94. The van der Waals surface area contributed by atoms with Crippen LogP contribution < -0.4 is 5.32 Å². The molecule has 2 aliphatic rings. The Morgan fingerprint density at radius 1 is 1.15 bits per heavy atom. The van der Waals surface area contributed by atoms with Crippen molar-refractivity contribution in [3.8, 4) is 0 Å². The molecule has 6 nitrogen and oxygen atoms in total. The van der Waals surface area contributed by atoms with E-state index < -0.39 is 5.41 Å². The van der Waals surface area contributed by atoms with Crippen molar-refractivity contribution >= 4 is 11.8 Å². The molecule has 0 bridgehead atoms. The molecule has 2 amide bonds. The van der Waals surface area contributed by atoms with Crippen LogP contribution in [0.2, 0.25) is 0 Å². The molecule has 0 saturated carbocycles. The fourth-order valence-electron chi connectivity index (χ4n) is 3.97. The fourth-order valence-corrected chi connectivity index (χ4v) is 3.97. The van der Waals surface area contributed by atoms with Gasteiger partial charge in [-0.25, -0.2) is 0 Å². The highest BCUT2D eigenvalue weighted by Gasteiger charge is 2.39. The van der Waals surface area contributed by atoms with Crippen molar-refractivity contribution < 1.29 is 9.59 Å². The molecular formula is C21H32N4O2. The van der Waals surface area contributed by atoms with Crippen LogP contribution in [-0.4, -0.2) is 58.3 Å². The average Bonchev–Trinajstić information content (AvgIpc) is 3.12. The number of nitrogens with zero attached hydrogens (tertiary/aromatic N) is 3. The first-order chi connectivity index (χ1) is 12.8. The van der Waals surface area contributed by atoms with Crippen LogP contribution in [0, 0.1) is 5.41 Å². The first-order valence-electron chi connectivity index (χ1n) is 10.1. The van der Waals surface area contributed by atoms with Crippen LogP contribution in [-0.2, 0) is 16.1 Å². The summed E-state index contributed by atoms with van der Waals surface area (Å²) in [5.41, 5.74) is 0.641. The summed E-state index contributed by atoms with van der Waals surface area (Å²) in [5.74, 6) is 0.0959. The lowest BCUT2D eigenvalue weighted by molar-refractivity contribution is -0.145. The zero-order chi connectivity index (χ0) is 19.4. The normalized spacial score (nSPS) is 22.0. The van der Waals surface area contributed by atoms with Gasteiger partial charge in [0.2, 0.25) is 11.8 Å². The quantitative estimate of drug-likeness (QED) is 0.880. The summed E-state index contributed by atoms with van der Waals surface area (Å²) in [5, 5.41) is 3.21. The van der Waals surface area contributed by atoms with Gasteiger partial charge in [-0.2, -0.15) is 0 Å². The van der Waals surface area contributed by atoms with E-state index in [1.807, 2.05) is 39.1 Å². The number of aromatic nitrogens is 1. The Morgan fingerprint density at radius 2 is 1.89 bits per heavy atom. The van der Waals surface area contributed by atoms with Gasteiger partial charge in [0.15, 0.2) is 0 Å². The first kappa shape index (κ1) is 19.8. The highest BCUT2D eigenvalue weighted by Crippen LogP contribution is 2.26. The third-order valence-electron chi connectivity index (χ3n) is 5.50. The van der Waals surface area contributed by atoms with Crippen molar-refractivity contribution in [3.05, 3.63) is 30.1 Å². The highest BCUT2D eigenvalue weighted by atomic mass is 16.2. The summed E-state index contributed by atoms with van der Waals surface area (Å²) in [6.45, 7) is 9.21. The largest absolute Gasteiger partial charge is 0.351 e. The summed E-state index contributed by atoms with van der Waals surface area (Å²) >= 11 is 0. The van der Waals surface area contributed by atoms with Crippen LogP contribution in [0.1, 0.15) is 52.1 Å². The first-order valence-corrected chi connectivity index (χ1v) is 10.1. The van der Waals surface area contributed by atoms with E-state index in [-0.39, 0.29) is 23.9 Å². The van der Waals surface area contributed by atoms with Crippen LogP contribution in [0.5, 0.6) is 0 Å². The molecule has 0 aliphatic carbocycles. The van der Waals surface area contributed by atoms with Crippen molar-refractivity contribution in [2.24, 2.45) is 5.41 Å². The number of piperidine rings is 1. The van der Waals surface area contributed by atoms with Crippen LogP contribution in [0.3, 0.4) is 0 Å². The van der Waals surface area contributed by atoms with Gasteiger partial charge in [0.25, 0.3) is 0 Å². The number of nitrogens with one attached hydrogen (secondary N) is 1. The highest BCUT2D eigenvalue weighted by molar-refractivity contribution is 5.90. The Bertz CT molecular complexity index is 648. The standard InChI is InChI=1S/C21H32N4O2/c1-21(2,3)20(27)25-12-6-8-18(25)19(26)23-16-9-13-24(14-10-16)15-17-7-4-5-11-22-17/h4-5,7,11,16,18H,6,8-10,12-15H2,1-3H3,(H,23,26). The maximum Gasteiger partial charge on any atom is 0.243 e. The molecule has 148 valence electrons. The second-order valence-corrected chi connectivity index (χ2v) is 8.79. The van der Waals surface area contributed by atoms with E-state index in [9.17, 15) is 9.59 Å². The molecule has 0 spiro atoms. The van der Waals surface area contributed by atoms with E-state index in [0.29, 0.717) is 6.54 Å². The van der Waals surface area contributed by atoms with Crippen LogP contribution in [0.25, 0.3) is 0 Å². The van der Waals surface area contributed by atoms with Crippen molar-refractivity contribution in [2.75, 3.05) is 19.6 Å². The summed E-state index contributed by atoms with van der Waals surface area (Å²) in [4.78, 5) is 34.0. The zero-order valence-electron chi connectivity index (χ0n) is 16.8. The topological polar surface area (TPSA) is 65.5 Å². The second-order valence-electron chi connectivity index (χ2n) is 8.79. The Balaban J connectivity index is 1.48. The molecule has 1 aromatic rings. The summed E-state index contributed by atoms with van der Waals surface area (Å²) < 4.78 is 0. The van der Waals surface area contributed by atoms with Gasteiger partial charge >= 0.3 is 0 Å². The van der Waals surface area contributed by atoms with Gasteiger partial charge in [0.1, 0.15) is 6.04 Å². The maximum atomic E-state index is 12.8. The molecule has 27 heavy (non-hydrogen) atoms. The van der Waals surface area contributed by atoms with Gasteiger partial charge in [-0.1, -0.05) is 26.8 Å². The number of pyridine rings is 1. The predicted octanol–water partition coefficient (Wildman–Crippen LogP) is 2.20. The third kappa shape index (κ3) is 5.06. The number of likely N-dealkylation sites (tertiary alicyclic amines) is 2. The van der Waals surface area contributed by atoms with Gasteiger partial charge in [-0.15, -0.1) is 0 Å². The third-order valence-corrected chi connectivity index (χ3v) is 5.50. The Labute approximate surface area is 162 Å². The van der Waals surface area contributed by atoms with Crippen LogP contribution in [0.15, 0.2) is 24.4 Å². The van der Waals surface area contributed by atoms with Crippen molar-refractivity contribution in [2.45, 2.75) is 65.1 Å².